The molecular weight excluding hydrogens is 410 g/mol. The maximum Gasteiger partial charge on any atom is 0.185 e. The first kappa shape index (κ1) is 18.8. The summed E-state index contributed by atoms with van der Waals surface area (Å²) >= 11 is 1.77. The zero-order chi connectivity index (χ0) is 21.3. The molecule has 3 heteroatoms. The molecule has 2 aromatic heterocycles. The van der Waals surface area contributed by atoms with Gasteiger partial charge in [-0.25, -0.2) is 0 Å². The zero-order valence-corrected chi connectivity index (χ0v) is 18.0. The first-order valence-corrected chi connectivity index (χ1v) is 11.4. The average Bonchev–Trinajstić information content (AvgIpc) is 3.50. The number of hydrogen-bond acceptors (Lipinski definition) is 3. The van der Waals surface area contributed by atoms with Gasteiger partial charge in [0.05, 0.1) is 16.6 Å². The van der Waals surface area contributed by atoms with Crippen molar-refractivity contribution in [2.75, 3.05) is 0 Å². The van der Waals surface area contributed by atoms with Gasteiger partial charge < -0.3 is 4.52 Å². The van der Waals surface area contributed by atoms with E-state index in [9.17, 15) is 0 Å². The summed E-state index contributed by atoms with van der Waals surface area (Å²) in [5, 5.41) is 6.57. The van der Waals surface area contributed by atoms with Crippen LogP contribution in [0.2, 0.25) is 0 Å². The van der Waals surface area contributed by atoms with Crippen LogP contribution in [0.5, 0.6) is 0 Å². The van der Waals surface area contributed by atoms with Crippen LogP contribution >= 0.6 is 11.3 Å². The van der Waals surface area contributed by atoms with Gasteiger partial charge in [-0.3, -0.25) is 0 Å². The minimum atomic E-state index is 0.820. The Balaban J connectivity index is 1.60. The van der Waals surface area contributed by atoms with Gasteiger partial charge in [0.2, 0.25) is 0 Å². The molecule has 0 aliphatic rings. The van der Waals surface area contributed by atoms with Crippen LogP contribution in [-0.4, -0.2) is 5.16 Å². The molecule has 6 rings (SSSR count). The number of hydrogen-bond donors (Lipinski definition) is 0. The lowest BCUT2D eigenvalue weighted by Gasteiger charge is -2.09. The van der Waals surface area contributed by atoms with Crippen molar-refractivity contribution in [1.82, 2.24) is 5.16 Å². The summed E-state index contributed by atoms with van der Waals surface area (Å²) < 4.78 is 5.84. The number of aromatic nitrogens is 1. The standard InChI is InChI=1S/C29H19NOS/c1-3-11-20(12-4-1)22-15-7-8-16-23(22)28-24-17-9-10-18-25(24)29(32-28)27-26(19-30-31-27)21-13-5-2-6-14-21/h1-19H. The molecule has 0 unspecified atom stereocenters. The highest BCUT2D eigenvalue weighted by molar-refractivity contribution is 7.21. The Morgan fingerprint density at radius 3 is 1.72 bits per heavy atom. The van der Waals surface area contributed by atoms with E-state index < -0.39 is 0 Å². The molecule has 0 N–H and O–H groups in total. The number of nitrogens with zero attached hydrogens (tertiary/aromatic N) is 1. The molecule has 0 saturated carbocycles. The third kappa shape index (κ3) is 3.15. The summed E-state index contributed by atoms with van der Waals surface area (Å²) in [7, 11) is 0. The summed E-state index contributed by atoms with van der Waals surface area (Å²) in [6.45, 7) is 0. The number of fused-ring (bicyclic) bond motifs is 1. The van der Waals surface area contributed by atoms with Gasteiger partial charge in [0.25, 0.3) is 0 Å². The molecule has 0 radical (unpaired) electrons. The first-order valence-electron chi connectivity index (χ1n) is 10.6. The fourth-order valence-electron chi connectivity index (χ4n) is 4.24. The summed E-state index contributed by atoms with van der Waals surface area (Å²) in [5.74, 6) is 0.820. The summed E-state index contributed by atoms with van der Waals surface area (Å²) in [5.41, 5.74) is 5.79. The maximum atomic E-state index is 5.84. The molecule has 2 nitrogen and oxygen atoms in total. The molecule has 32 heavy (non-hydrogen) atoms. The van der Waals surface area contributed by atoms with E-state index in [0.717, 1.165) is 21.8 Å². The van der Waals surface area contributed by atoms with Gasteiger partial charge in [-0.1, -0.05) is 114 Å². The van der Waals surface area contributed by atoms with Crippen LogP contribution in [0.15, 0.2) is 120 Å². The van der Waals surface area contributed by atoms with Crippen molar-refractivity contribution >= 4 is 22.1 Å². The molecule has 0 aliphatic heterocycles. The molecule has 0 aliphatic carbocycles. The summed E-state index contributed by atoms with van der Waals surface area (Å²) in [6.07, 6.45) is 1.82. The van der Waals surface area contributed by atoms with Gasteiger partial charge in [-0.05, 0) is 16.7 Å². The molecule has 0 bridgehead atoms. The fraction of sp³-hybridized carbons (Fsp3) is 0. The van der Waals surface area contributed by atoms with Crippen molar-refractivity contribution in [1.29, 1.82) is 0 Å². The van der Waals surface area contributed by atoms with E-state index in [4.69, 9.17) is 4.52 Å². The maximum absolute atomic E-state index is 5.84. The smallest absolute Gasteiger partial charge is 0.185 e. The van der Waals surface area contributed by atoms with Crippen molar-refractivity contribution in [3.8, 4) is 43.3 Å². The Kier molecular flexibility index (Phi) is 4.67. The van der Waals surface area contributed by atoms with E-state index in [1.54, 1.807) is 11.3 Å². The Morgan fingerprint density at radius 1 is 0.500 bits per heavy atom. The van der Waals surface area contributed by atoms with Gasteiger partial charge in [0, 0.05) is 21.2 Å². The quantitative estimate of drug-likeness (QED) is 0.280. The average molecular weight is 430 g/mol. The summed E-state index contributed by atoms with van der Waals surface area (Å²) in [4.78, 5) is 2.35. The van der Waals surface area contributed by atoms with Crippen LogP contribution in [-0.2, 0) is 0 Å². The Labute approximate surface area is 190 Å². The predicted octanol–water partition coefficient (Wildman–Crippen LogP) is 8.56. The van der Waals surface area contributed by atoms with Crippen molar-refractivity contribution in [3.05, 3.63) is 115 Å². The van der Waals surface area contributed by atoms with Crippen molar-refractivity contribution in [2.45, 2.75) is 0 Å². The molecule has 152 valence electrons. The Morgan fingerprint density at radius 2 is 1.03 bits per heavy atom. The third-order valence-electron chi connectivity index (χ3n) is 5.74. The highest BCUT2D eigenvalue weighted by Gasteiger charge is 2.21. The van der Waals surface area contributed by atoms with E-state index in [-0.39, 0.29) is 0 Å². The third-order valence-corrected chi connectivity index (χ3v) is 6.99. The van der Waals surface area contributed by atoms with E-state index in [1.807, 2.05) is 24.4 Å². The van der Waals surface area contributed by atoms with Crippen molar-refractivity contribution in [2.24, 2.45) is 0 Å². The van der Waals surface area contributed by atoms with E-state index >= 15 is 0 Å². The molecule has 0 saturated heterocycles. The first-order chi connectivity index (χ1) is 15.9. The Hall–Kier alpha value is -3.95. The second kappa shape index (κ2) is 7.95. The topological polar surface area (TPSA) is 26.0 Å². The zero-order valence-electron chi connectivity index (χ0n) is 17.2. The molecule has 6 aromatic rings. The highest BCUT2D eigenvalue weighted by atomic mass is 32.1. The highest BCUT2D eigenvalue weighted by Crippen LogP contribution is 2.48. The largest absolute Gasteiger partial charge is 0.355 e. The van der Waals surface area contributed by atoms with Crippen LogP contribution in [0.1, 0.15) is 0 Å². The van der Waals surface area contributed by atoms with E-state index in [0.29, 0.717) is 0 Å². The lowest BCUT2D eigenvalue weighted by Crippen LogP contribution is -1.82. The van der Waals surface area contributed by atoms with Gasteiger partial charge in [-0.15, -0.1) is 11.3 Å². The predicted molar refractivity (Wildman–Crippen MR) is 134 cm³/mol. The minimum Gasteiger partial charge on any atom is -0.355 e. The van der Waals surface area contributed by atoms with Crippen molar-refractivity contribution < 1.29 is 4.52 Å². The van der Waals surface area contributed by atoms with Crippen molar-refractivity contribution in [3.63, 3.8) is 0 Å². The van der Waals surface area contributed by atoms with Crippen LogP contribution in [0.3, 0.4) is 0 Å². The lowest BCUT2D eigenvalue weighted by atomic mass is 9.96. The van der Waals surface area contributed by atoms with Crippen LogP contribution < -0.4 is 0 Å². The molecule has 0 fully saturated rings. The minimum absolute atomic E-state index is 0.820. The van der Waals surface area contributed by atoms with Crippen LogP contribution in [0.25, 0.3) is 54.1 Å². The lowest BCUT2D eigenvalue weighted by molar-refractivity contribution is 0.433. The molecule has 0 amide bonds. The second-order valence-corrected chi connectivity index (χ2v) is 8.67. The van der Waals surface area contributed by atoms with E-state index in [1.165, 1.54) is 32.3 Å². The molecular formula is C29H19NOS. The SMILES string of the molecule is c1ccc(-c2ccccc2-c2sc(-c3oncc3-c3ccccc3)c3ccccc23)cc1. The number of rotatable bonds is 4. The van der Waals surface area contributed by atoms with E-state index in [2.05, 4.69) is 96.2 Å². The molecule has 4 aromatic carbocycles. The van der Waals surface area contributed by atoms with Gasteiger partial charge >= 0.3 is 0 Å². The van der Waals surface area contributed by atoms with Gasteiger partial charge in [-0.2, -0.15) is 0 Å². The molecule has 0 spiro atoms. The number of benzene rings is 4. The monoisotopic (exact) mass is 429 g/mol. The second-order valence-electron chi connectivity index (χ2n) is 7.65. The molecule has 2 heterocycles. The summed E-state index contributed by atoms with van der Waals surface area (Å²) in [6, 6.07) is 38.0. The van der Waals surface area contributed by atoms with Gasteiger partial charge in [0.15, 0.2) is 5.76 Å². The fourth-order valence-corrected chi connectivity index (χ4v) is 5.55. The normalized spacial score (nSPS) is 11.1. The molecule has 0 atom stereocenters. The van der Waals surface area contributed by atoms with Gasteiger partial charge in [0.1, 0.15) is 0 Å². The van der Waals surface area contributed by atoms with Crippen LogP contribution in [0, 0.1) is 0 Å². The van der Waals surface area contributed by atoms with Crippen LogP contribution in [0.4, 0.5) is 0 Å². The Bertz CT molecular complexity index is 1510. The number of thiophene rings is 1.